The lowest BCUT2D eigenvalue weighted by Crippen LogP contribution is -2.27. The molecule has 5 rings (SSSR count). The highest BCUT2D eigenvalue weighted by Gasteiger charge is 2.35. The molecule has 1 fully saturated rings. The first-order valence-electron chi connectivity index (χ1n) is 11.7. The van der Waals surface area contributed by atoms with Crippen molar-refractivity contribution in [2.24, 2.45) is 0 Å². The highest BCUT2D eigenvalue weighted by atomic mass is 79.9. The van der Waals surface area contributed by atoms with E-state index in [9.17, 15) is 14.4 Å². The minimum atomic E-state index is -0.522. The van der Waals surface area contributed by atoms with E-state index >= 15 is 0 Å². The van der Waals surface area contributed by atoms with Crippen molar-refractivity contribution in [3.63, 3.8) is 0 Å². The van der Waals surface area contributed by atoms with Crippen LogP contribution in [0.4, 0.5) is 4.79 Å². The van der Waals surface area contributed by atoms with E-state index in [0.717, 1.165) is 33.7 Å². The number of hydrogen-bond acceptors (Lipinski definition) is 6. The summed E-state index contributed by atoms with van der Waals surface area (Å²) in [7, 11) is 1.47. The molecule has 0 N–H and O–H groups in total. The predicted octanol–water partition coefficient (Wildman–Crippen LogP) is 7.38. The van der Waals surface area contributed by atoms with Crippen molar-refractivity contribution in [1.82, 2.24) is 4.90 Å². The van der Waals surface area contributed by atoms with Gasteiger partial charge in [-0.1, -0.05) is 60.7 Å². The number of carbonyl (C=O) groups excluding carboxylic acids is 3. The lowest BCUT2D eigenvalue weighted by atomic mass is 10.0. The van der Waals surface area contributed by atoms with E-state index in [-0.39, 0.29) is 23.4 Å². The van der Waals surface area contributed by atoms with Crippen LogP contribution in [0.3, 0.4) is 0 Å². The number of hydrogen-bond donors (Lipinski definition) is 0. The fraction of sp³-hybridized carbons (Fsp3) is 0.100. The smallest absolute Gasteiger partial charge is 0.344 e. The summed E-state index contributed by atoms with van der Waals surface area (Å²) in [6.45, 7) is 2.16. The molecule has 0 spiro atoms. The van der Waals surface area contributed by atoms with Gasteiger partial charge in [-0.15, -0.1) is 0 Å². The summed E-state index contributed by atoms with van der Waals surface area (Å²) < 4.78 is 11.7. The number of methoxy groups -OCH3 is 1. The Morgan fingerprint density at radius 3 is 2.53 bits per heavy atom. The van der Waals surface area contributed by atoms with E-state index in [2.05, 4.69) is 15.9 Å². The Balaban J connectivity index is 1.40. The fourth-order valence-corrected chi connectivity index (χ4v) is 5.60. The summed E-state index contributed by atoms with van der Waals surface area (Å²) in [5.74, 6) is -0.357. The second-order valence-electron chi connectivity index (χ2n) is 8.64. The highest BCUT2D eigenvalue weighted by molar-refractivity contribution is 9.10. The van der Waals surface area contributed by atoms with Gasteiger partial charge in [0.1, 0.15) is 0 Å². The standard InChI is InChI=1S/C30H22BrNO5S/c1-18-8-3-4-10-21(18)17-32-28(33)26(38-30(32)35)16-19-14-24(31)27(25(15-19)36-2)37-29(34)23-13-7-11-20-9-5-6-12-22(20)23/h3-16H,17H2,1-2H3/b26-16-. The lowest BCUT2D eigenvalue weighted by molar-refractivity contribution is -0.123. The molecular weight excluding hydrogens is 566 g/mol. The van der Waals surface area contributed by atoms with Gasteiger partial charge in [0.15, 0.2) is 11.5 Å². The SMILES string of the molecule is COc1cc(/C=C2\SC(=O)N(Cc3ccccc3C)C2=O)cc(Br)c1OC(=O)c1cccc2ccccc12. The Bertz CT molecular complexity index is 1630. The molecule has 8 heteroatoms. The number of nitrogens with zero attached hydrogens (tertiary/aromatic N) is 1. The third-order valence-corrected chi connectivity index (χ3v) is 7.71. The molecule has 1 heterocycles. The van der Waals surface area contributed by atoms with Crippen LogP contribution in [0.25, 0.3) is 16.8 Å². The monoisotopic (exact) mass is 587 g/mol. The van der Waals surface area contributed by atoms with Gasteiger partial charge in [0.2, 0.25) is 0 Å². The molecule has 38 heavy (non-hydrogen) atoms. The van der Waals surface area contributed by atoms with Crippen LogP contribution in [0.5, 0.6) is 11.5 Å². The van der Waals surface area contributed by atoms with E-state index < -0.39 is 5.97 Å². The Kier molecular flexibility index (Phi) is 7.35. The maximum absolute atomic E-state index is 13.1. The van der Waals surface area contributed by atoms with Crippen LogP contribution in [0.15, 0.2) is 88.2 Å². The Hall–Kier alpha value is -3.88. The molecule has 1 saturated heterocycles. The second-order valence-corrected chi connectivity index (χ2v) is 10.5. The minimum Gasteiger partial charge on any atom is -0.493 e. The van der Waals surface area contributed by atoms with E-state index in [0.29, 0.717) is 26.3 Å². The van der Waals surface area contributed by atoms with E-state index in [1.54, 1.807) is 30.3 Å². The van der Waals surface area contributed by atoms with Crippen LogP contribution in [-0.4, -0.2) is 29.1 Å². The summed E-state index contributed by atoms with van der Waals surface area (Å²) in [6.07, 6.45) is 1.63. The molecule has 0 unspecified atom stereocenters. The van der Waals surface area contributed by atoms with Crippen molar-refractivity contribution >= 4 is 61.7 Å². The largest absolute Gasteiger partial charge is 0.493 e. The van der Waals surface area contributed by atoms with Gasteiger partial charge >= 0.3 is 5.97 Å². The topological polar surface area (TPSA) is 72.9 Å². The average molecular weight is 588 g/mol. The van der Waals surface area contributed by atoms with Gasteiger partial charge < -0.3 is 9.47 Å². The fourth-order valence-electron chi connectivity index (χ4n) is 4.22. The molecule has 6 nitrogen and oxygen atoms in total. The van der Waals surface area contributed by atoms with Crippen molar-refractivity contribution in [1.29, 1.82) is 0 Å². The number of fused-ring (bicyclic) bond motifs is 1. The molecule has 1 aliphatic rings. The second kappa shape index (κ2) is 10.8. The van der Waals surface area contributed by atoms with Crippen molar-refractivity contribution in [3.8, 4) is 11.5 Å². The summed E-state index contributed by atoms with van der Waals surface area (Å²) in [4.78, 5) is 40.3. The molecule has 2 amide bonds. The third-order valence-electron chi connectivity index (χ3n) is 6.22. The number of carbonyl (C=O) groups is 3. The van der Waals surface area contributed by atoms with Crippen molar-refractivity contribution < 1.29 is 23.9 Å². The lowest BCUT2D eigenvalue weighted by Gasteiger charge is -2.14. The van der Waals surface area contributed by atoms with Crippen LogP contribution >= 0.6 is 27.7 Å². The molecule has 0 atom stereocenters. The zero-order valence-corrected chi connectivity index (χ0v) is 23.0. The zero-order valence-electron chi connectivity index (χ0n) is 20.6. The van der Waals surface area contributed by atoms with Gasteiger partial charge in [-0.3, -0.25) is 14.5 Å². The first-order valence-corrected chi connectivity index (χ1v) is 13.3. The Morgan fingerprint density at radius 1 is 1.00 bits per heavy atom. The van der Waals surface area contributed by atoms with Gasteiger partial charge in [-0.05, 0) is 86.4 Å². The number of benzene rings is 4. The number of halogens is 1. The van der Waals surface area contributed by atoms with Gasteiger partial charge in [0.05, 0.1) is 28.6 Å². The van der Waals surface area contributed by atoms with Crippen molar-refractivity contribution in [3.05, 3.63) is 110 Å². The number of esters is 1. The normalized spacial score (nSPS) is 14.4. The predicted molar refractivity (Wildman–Crippen MR) is 152 cm³/mol. The Morgan fingerprint density at radius 2 is 1.74 bits per heavy atom. The summed E-state index contributed by atoms with van der Waals surface area (Å²) in [5.41, 5.74) is 2.97. The van der Waals surface area contributed by atoms with Crippen molar-refractivity contribution in [2.45, 2.75) is 13.5 Å². The van der Waals surface area contributed by atoms with E-state index in [4.69, 9.17) is 9.47 Å². The minimum absolute atomic E-state index is 0.213. The number of rotatable bonds is 6. The quantitative estimate of drug-likeness (QED) is 0.133. The van der Waals surface area contributed by atoms with Crippen LogP contribution in [-0.2, 0) is 11.3 Å². The first-order chi connectivity index (χ1) is 18.4. The number of thioether (sulfide) groups is 1. The maximum Gasteiger partial charge on any atom is 0.344 e. The Labute approximate surface area is 232 Å². The molecule has 0 saturated carbocycles. The van der Waals surface area contributed by atoms with Gasteiger partial charge in [-0.2, -0.15) is 0 Å². The van der Waals surface area contributed by atoms with Crippen LogP contribution in [0, 0.1) is 6.92 Å². The van der Waals surface area contributed by atoms with Crippen LogP contribution in [0.1, 0.15) is 27.0 Å². The van der Waals surface area contributed by atoms with Gasteiger partial charge in [0, 0.05) is 0 Å². The van der Waals surface area contributed by atoms with Crippen LogP contribution in [0.2, 0.25) is 0 Å². The molecule has 0 bridgehead atoms. The molecule has 4 aromatic carbocycles. The van der Waals surface area contributed by atoms with Gasteiger partial charge in [0.25, 0.3) is 11.1 Å². The first kappa shape index (κ1) is 25.8. The van der Waals surface area contributed by atoms with Gasteiger partial charge in [-0.25, -0.2) is 4.79 Å². The number of amides is 2. The molecule has 1 aliphatic heterocycles. The highest BCUT2D eigenvalue weighted by Crippen LogP contribution is 2.40. The average Bonchev–Trinajstić information content (AvgIpc) is 3.17. The molecule has 4 aromatic rings. The number of imide groups is 1. The summed E-state index contributed by atoms with van der Waals surface area (Å²) in [6, 6.07) is 24.1. The maximum atomic E-state index is 13.1. The van der Waals surface area contributed by atoms with Crippen LogP contribution < -0.4 is 9.47 Å². The number of aryl methyl sites for hydroxylation is 1. The molecule has 0 aromatic heterocycles. The molecule has 190 valence electrons. The molecule has 0 aliphatic carbocycles. The summed E-state index contributed by atoms with van der Waals surface area (Å²) in [5, 5.41) is 1.39. The number of ether oxygens (including phenoxy) is 2. The summed E-state index contributed by atoms with van der Waals surface area (Å²) >= 11 is 4.37. The van der Waals surface area contributed by atoms with E-state index in [1.165, 1.54) is 12.0 Å². The van der Waals surface area contributed by atoms with Crippen molar-refractivity contribution in [2.75, 3.05) is 7.11 Å². The molecule has 0 radical (unpaired) electrons. The third kappa shape index (κ3) is 5.10. The zero-order chi connectivity index (χ0) is 26.8. The van der Waals surface area contributed by atoms with E-state index in [1.807, 2.05) is 61.5 Å². The molecular formula is C30H22BrNO5S.